The molecule has 0 atom stereocenters. The zero-order chi connectivity index (χ0) is 21.3. The molecular formula is C19H24N6O4. The molecule has 0 aliphatic heterocycles. The maximum atomic E-state index is 12.5. The predicted octanol–water partition coefficient (Wildman–Crippen LogP) is 2.27. The third kappa shape index (κ3) is 3.48. The second-order valence-corrected chi connectivity index (χ2v) is 6.85. The minimum atomic E-state index is -0.760. The molecule has 29 heavy (non-hydrogen) atoms. The Morgan fingerprint density at radius 3 is 1.86 bits per heavy atom. The number of nitro groups is 1. The van der Waals surface area contributed by atoms with Gasteiger partial charge in [0.15, 0.2) is 0 Å². The van der Waals surface area contributed by atoms with E-state index in [1.54, 1.807) is 26.0 Å². The standard InChI is InChI=1S/C19H24N6O4/c1-5-24(6-2)13-8-7-12(9-14(13)25(28)29)17(15-10(3)20-22-18(15)26)16-11(4)21-23-19(16)27/h7-9,17H,5-6H2,1-4H3,(H2,20,22,26)(H2,21,23,27). The highest BCUT2D eigenvalue weighted by Gasteiger charge is 2.30. The van der Waals surface area contributed by atoms with Crippen LogP contribution in [0, 0.1) is 24.0 Å². The second kappa shape index (κ2) is 7.82. The van der Waals surface area contributed by atoms with Crippen LogP contribution in [-0.4, -0.2) is 38.4 Å². The van der Waals surface area contributed by atoms with Crippen LogP contribution in [0.4, 0.5) is 11.4 Å². The number of hydrogen-bond acceptors (Lipinski definition) is 5. The molecule has 0 amide bonds. The van der Waals surface area contributed by atoms with E-state index in [0.717, 1.165) is 0 Å². The third-order valence-corrected chi connectivity index (χ3v) is 5.24. The van der Waals surface area contributed by atoms with Gasteiger partial charge in [0.25, 0.3) is 16.8 Å². The normalized spacial score (nSPS) is 11.2. The van der Waals surface area contributed by atoms with E-state index in [9.17, 15) is 19.7 Å². The Hall–Kier alpha value is -3.56. The number of nitrogens with zero attached hydrogens (tertiary/aromatic N) is 2. The van der Waals surface area contributed by atoms with E-state index in [-0.39, 0.29) is 16.8 Å². The summed E-state index contributed by atoms with van der Waals surface area (Å²) >= 11 is 0. The fourth-order valence-electron chi connectivity index (χ4n) is 3.78. The van der Waals surface area contributed by atoms with Crippen LogP contribution >= 0.6 is 0 Å². The van der Waals surface area contributed by atoms with Crippen LogP contribution in [0.25, 0.3) is 0 Å². The van der Waals surface area contributed by atoms with Gasteiger partial charge in [-0.3, -0.25) is 29.9 Å². The Labute approximate surface area is 166 Å². The van der Waals surface area contributed by atoms with E-state index in [0.29, 0.717) is 46.9 Å². The van der Waals surface area contributed by atoms with E-state index in [1.807, 2.05) is 18.7 Å². The van der Waals surface area contributed by atoms with Crippen LogP contribution in [0.1, 0.15) is 47.8 Å². The van der Waals surface area contributed by atoms with Gasteiger partial charge in [0, 0.05) is 36.5 Å². The molecule has 0 unspecified atom stereocenters. The fraction of sp³-hybridized carbons (Fsp3) is 0.368. The monoisotopic (exact) mass is 400 g/mol. The summed E-state index contributed by atoms with van der Waals surface area (Å²) < 4.78 is 0. The van der Waals surface area contributed by atoms with Crippen molar-refractivity contribution < 1.29 is 4.92 Å². The van der Waals surface area contributed by atoms with E-state index in [2.05, 4.69) is 20.4 Å². The molecule has 0 saturated heterocycles. The predicted molar refractivity (Wildman–Crippen MR) is 110 cm³/mol. The van der Waals surface area contributed by atoms with Crippen LogP contribution in [0.5, 0.6) is 0 Å². The van der Waals surface area contributed by atoms with Crippen molar-refractivity contribution in [2.24, 2.45) is 0 Å². The molecule has 1 aromatic carbocycles. The van der Waals surface area contributed by atoms with Crippen molar-refractivity contribution in [3.05, 3.63) is 77.1 Å². The number of aromatic amines is 4. The topological polar surface area (TPSA) is 144 Å². The summed E-state index contributed by atoms with van der Waals surface area (Å²) in [5.41, 5.74) is 2.02. The number of nitro benzene ring substituents is 1. The summed E-state index contributed by atoms with van der Waals surface area (Å²) in [7, 11) is 0. The molecule has 0 fully saturated rings. The fourth-order valence-corrected chi connectivity index (χ4v) is 3.78. The summed E-state index contributed by atoms with van der Waals surface area (Å²) in [6, 6.07) is 4.87. The van der Waals surface area contributed by atoms with Crippen molar-refractivity contribution in [3.63, 3.8) is 0 Å². The van der Waals surface area contributed by atoms with Crippen molar-refractivity contribution in [1.82, 2.24) is 20.4 Å². The number of hydrogen-bond donors (Lipinski definition) is 4. The number of anilines is 1. The van der Waals surface area contributed by atoms with Crippen LogP contribution in [-0.2, 0) is 0 Å². The molecule has 0 bridgehead atoms. The molecule has 0 spiro atoms. The number of H-pyrrole nitrogens is 4. The number of rotatable bonds is 7. The first-order chi connectivity index (χ1) is 13.8. The van der Waals surface area contributed by atoms with Gasteiger partial charge in [-0.25, -0.2) is 0 Å². The largest absolute Gasteiger partial charge is 0.367 e. The van der Waals surface area contributed by atoms with E-state index < -0.39 is 10.8 Å². The molecule has 0 saturated carbocycles. The van der Waals surface area contributed by atoms with Gasteiger partial charge in [-0.2, -0.15) is 0 Å². The highest BCUT2D eigenvalue weighted by atomic mass is 16.6. The third-order valence-electron chi connectivity index (χ3n) is 5.24. The SMILES string of the molecule is CCN(CC)c1ccc(C(c2c(C)[nH][nH]c2=O)c2c(C)[nH][nH]c2=O)cc1[N+](=O)[O-]. The Kier molecular flexibility index (Phi) is 5.44. The highest BCUT2D eigenvalue weighted by molar-refractivity contribution is 5.65. The molecule has 0 radical (unpaired) electrons. The molecule has 10 nitrogen and oxygen atoms in total. The minimum Gasteiger partial charge on any atom is -0.367 e. The Bertz CT molecular complexity index is 1090. The molecule has 0 aliphatic rings. The smallest absolute Gasteiger partial charge is 0.292 e. The Morgan fingerprint density at radius 2 is 1.48 bits per heavy atom. The lowest BCUT2D eigenvalue weighted by atomic mass is 9.85. The molecule has 3 rings (SSSR count). The van der Waals surface area contributed by atoms with Gasteiger partial charge in [0.05, 0.1) is 16.1 Å². The highest BCUT2D eigenvalue weighted by Crippen LogP contribution is 2.36. The lowest BCUT2D eigenvalue weighted by Gasteiger charge is -2.22. The maximum absolute atomic E-state index is 12.5. The lowest BCUT2D eigenvalue weighted by Crippen LogP contribution is -2.23. The molecule has 2 heterocycles. The Balaban J connectivity index is 2.30. The van der Waals surface area contributed by atoms with E-state index >= 15 is 0 Å². The first-order valence-corrected chi connectivity index (χ1v) is 9.37. The van der Waals surface area contributed by atoms with Crippen molar-refractivity contribution in [3.8, 4) is 0 Å². The summed E-state index contributed by atoms with van der Waals surface area (Å²) in [6.45, 7) is 8.52. The van der Waals surface area contributed by atoms with Gasteiger partial charge >= 0.3 is 0 Å². The molecule has 2 aromatic heterocycles. The number of nitrogens with one attached hydrogen (secondary N) is 4. The van der Waals surface area contributed by atoms with Crippen molar-refractivity contribution in [1.29, 1.82) is 0 Å². The Morgan fingerprint density at radius 1 is 0.966 bits per heavy atom. The maximum Gasteiger partial charge on any atom is 0.292 e. The average Bonchev–Trinajstić information content (AvgIpc) is 3.20. The molecule has 3 aromatic rings. The summed E-state index contributed by atoms with van der Waals surface area (Å²) in [5, 5.41) is 22.4. The van der Waals surface area contributed by atoms with Gasteiger partial charge in [0.1, 0.15) is 5.69 Å². The first-order valence-electron chi connectivity index (χ1n) is 9.37. The molecule has 10 heteroatoms. The van der Waals surface area contributed by atoms with Crippen LogP contribution in [0.3, 0.4) is 0 Å². The quantitative estimate of drug-likeness (QED) is 0.355. The average molecular weight is 400 g/mol. The summed E-state index contributed by atoms with van der Waals surface area (Å²) in [4.78, 5) is 38.3. The summed E-state index contributed by atoms with van der Waals surface area (Å²) in [6.07, 6.45) is 0. The number of aryl methyl sites for hydroxylation is 2. The minimum absolute atomic E-state index is 0.0644. The van der Waals surface area contributed by atoms with Gasteiger partial charge in [-0.15, -0.1) is 0 Å². The molecule has 4 N–H and O–H groups in total. The van der Waals surface area contributed by atoms with Crippen molar-refractivity contribution >= 4 is 11.4 Å². The van der Waals surface area contributed by atoms with Gasteiger partial charge in [0.2, 0.25) is 0 Å². The lowest BCUT2D eigenvalue weighted by molar-refractivity contribution is -0.384. The molecule has 154 valence electrons. The molecular weight excluding hydrogens is 376 g/mol. The zero-order valence-corrected chi connectivity index (χ0v) is 16.8. The van der Waals surface area contributed by atoms with Gasteiger partial charge in [-0.05, 0) is 39.3 Å². The van der Waals surface area contributed by atoms with Crippen LogP contribution < -0.4 is 16.0 Å². The number of benzene rings is 1. The first kappa shape index (κ1) is 20.2. The van der Waals surface area contributed by atoms with Crippen molar-refractivity contribution in [2.45, 2.75) is 33.6 Å². The van der Waals surface area contributed by atoms with Crippen LogP contribution in [0.15, 0.2) is 27.8 Å². The van der Waals surface area contributed by atoms with Gasteiger partial charge in [-0.1, -0.05) is 6.07 Å². The molecule has 0 aliphatic carbocycles. The zero-order valence-electron chi connectivity index (χ0n) is 16.8. The second-order valence-electron chi connectivity index (χ2n) is 6.85. The van der Waals surface area contributed by atoms with Crippen molar-refractivity contribution in [2.75, 3.05) is 18.0 Å². The van der Waals surface area contributed by atoms with Gasteiger partial charge < -0.3 is 15.1 Å². The van der Waals surface area contributed by atoms with Crippen LogP contribution in [0.2, 0.25) is 0 Å². The number of aromatic nitrogens is 4. The van der Waals surface area contributed by atoms with E-state index in [4.69, 9.17) is 0 Å². The van der Waals surface area contributed by atoms with E-state index in [1.165, 1.54) is 6.07 Å². The summed E-state index contributed by atoms with van der Waals surface area (Å²) in [5.74, 6) is -0.760.